The third-order valence-electron chi connectivity index (χ3n) is 5.39. The Labute approximate surface area is 201 Å². The highest BCUT2D eigenvalue weighted by Crippen LogP contribution is 2.33. The molecule has 31 heavy (non-hydrogen) atoms. The average Bonchev–Trinajstić information content (AvgIpc) is 2.75. The Morgan fingerprint density at radius 1 is 1.16 bits per heavy atom. The standard InChI is InChI=1S/C23H31FN4O2.HI/c1-25-23(27(2)15-17-6-5-7-20(24)12-17)26-9-11-28-10-8-18-13-21(29-3)22(30-4)14-19(18)16-28;/h5-7,12-14H,8-11,15-16H2,1-4H3,(H,25,26);1H. The summed E-state index contributed by atoms with van der Waals surface area (Å²) < 4.78 is 24.3. The van der Waals surface area contributed by atoms with Gasteiger partial charge in [0.1, 0.15) is 5.82 Å². The van der Waals surface area contributed by atoms with Gasteiger partial charge in [-0.3, -0.25) is 9.89 Å². The second-order valence-corrected chi connectivity index (χ2v) is 7.46. The number of hydrogen-bond acceptors (Lipinski definition) is 4. The first-order valence-corrected chi connectivity index (χ1v) is 10.2. The van der Waals surface area contributed by atoms with Crippen molar-refractivity contribution < 1.29 is 13.9 Å². The molecule has 2 aromatic carbocycles. The monoisotopic (exact) mass is 542 g/mol. The molecule has 1 aliphatic rings. The molecule has 0 saturated heterocycles. The second kappa shape index (κ2) is 12.1. The molecule has 0 saturated carbocycles. The molecule has 2 aromatic rings. The predicted octanol–water partition coefficient (Wildman–Crippen LogP) is 3.53. The van der Waals surface area contributed by atoms with Gasteiger partial charge in [0.25, 0.3) is 0 Å². The fourth-order valence-corrected chi connectivity index (χ4v) is 3.83. The summed E-state index contributed by atoms with van der Waals surface area (Å²) in [5.41, 5.74) is 3.52. The molecular formula is C23H32FIN4O2. The van der Waals surface area contributed by atoms with E-state index in [2.05, 4.69) is 27.3 Å². The smallest absolute Gasteiger partial charge is 0.193 e. The number of guanidine groups is 1. The molecule has 1 aliphatic heterocycles. The lowest BCUT2D eigenvalue weighted by atomic mass is 9.99. The van der Waals surface area contributed by atoms with Crippen LogP contribution in [0, 0.1) is 5.82 Å². The van der Waals surface area contributed by atoms with E-state index in [0.717, 1.165) is 55.6 Å². The molecule has 0 aliphatic carbocycles. The predicted molar refractivity (Wildman–Crippen MR) is 133 cm³/mol. The van der Waals surface area contributed by atoms with Crippen LogP contribution < -0.4 is 14.8 Å². The Balaban J connectivity index is 0.00000341. The zero-order valence-corrected chi connectivity index (χ0v) is 21.0. The Bertz CT molecular complexity index is 894. The van der Waals surface area contributed by atoms with E-state index in [0.29, 0.717) is 6.54 Å². The molecule has 0 aromatic heterocycles. The second-order valence-electron chi connectivity index (χ2n) is 7.46. The number of halogens is 2. The summed E-state index contributed by atoms with van der Waals surface area (Å²) in [5, 5.41) is 3.41. The number of aliphatic imine (C=N–C) groups is 1. The highest BCUT2D eigenvalue weighted by atomic mass is 127. The van der Waals surface area contributed by atoms with Gasteiger partial charge in [0.2, 0.25) is 0 Å². The van der Waals surface area contributed by atoms with Crippen LogP contribution in [-0.2, 0) is 19.5 Å². The molecule has 8 heteroatoms. The molecule has 170 valence electrons. The van der Waals surface area contributed by atoms with Crippen LogP contribution in [0.5, 0.6) is 11.5 Å². The first kappa shape index (κ1) is 25.2. The number of ether oxygens (including phenoxy) is 2. The van der Waals surface area contributed by atoms with Crippen LogP contribution in [0.25, 0.3) is 0 Å². The van der Waals surface area contributed by atoms with E-state index in [4.69, 9.17) is 9.47 Å². The Morgan fingerprint density at radius 2 is 1.87 bits per heavy atom. The van der Waals surface area contributed by atoms with Crippen molar-refractivity contribution >= 4 is 29.9 Å². The van der Waals surface area contributed by atoms with Crippen molar-refractivity contribution in [3.05, 3.63) is 58.9 Å². The summed E-state index contributed by atoms with van der Waals surface area (Å²) >= 11 is 0. The minimum Gasteiger partial charge on any atom is -0.493 e. The van der Waals surface area contributed by atoms with E-state index in [1.807, 2.05) is 18.0 Å². The Morgan fingerprint density at radius 3 is 2.52 bits per heavy atom. The number of fused-ring (bicyclic) bond motifs is 1. The lowest BCUT2D eigenvalue weighted by Gasteiger charge is -2.30. The van der Waals surface area contributed by atoms with Crippen LogP contribution in [0.2, 0.25) is 0 Å². The van der Waals surface area contributed by atoms with Crippen LogP contribution in [0.3, 0.4) is 0 Å². The summed E-state index contributed by atoms with van der Waals surface area (Å²) in [6.45, 7) is 4.16. The summed E-state index contributed by atoms with van der Waals surface area (Å²) in [5.74, 6) is 2.14. The van der Waals surface area contributed by atoms with Gasteiger partial charge in [0.15, 0.2) is 17.5 Å². The highest BCUT2D eigenvalue weighted by molar-refractivity contribution is 14.0. The molecule has 0 radical (unpaired) electrons. The van der Waals surface area contributed by atoms with Gasteiger partial charge in [-0.25, -0.2) is 4.39 Å². The fourth-order valence-electron chi connectivity index (χ4n) is 3.83. The third kappa shape index (κ3) is 6.70. The normalized spacial score (nSPS) is 13.8. The maximum atomic E-state index is 13.4. The van der Waals surface area contributed by atoms with Gasteiger partial charge in [0.05, 0.1) is 14.2 Å². The maximum Gasteiger partial charge on any atom is 0.193 e. The molecule has 1 N–H and O–H groups in total. The zero-order chi connectivity index (χ0) is 21.5. The molecular weight excluding hydrogens is 510 g/mol. The van der Waals surface area contributed by atoms with Crippen LogP contribution in [0.15, 0.2) is 41.4 Å². The first-order chi connectivity index (χ1) is 14.5. The van der Waals surface area contributed by atoms with Gasteiger partial charge in [-0.2, -0.15) is 0 Å². The minimum atomic E-state index is -0.219. The molecule has 0 spiro atoms. The van der Waals surface area contributed by atoms with Crippen molar-refractivity contribution in [3.8, 4) is 11.5 Å². The summed E-state index contributed by atoms with van der Waals surface area (Å²) in [6.07, 6.45) is 0.990. The van der Waals surface area contributed by atoms with E-state index in [1.54, 1.807) is 33.4 Å². The largest absolute Gasteiger partial charge is 0.493 e. The molecule has 0 unspecified atom stereocenters. The van der Waals surface area contributed by atoms with Gasteiger partial charge in [-0.05, 0) is 47.4 Å². The van der Waals surface area contributed by atoms with E-state index in [-0.39, 0.29) is 29.8 Å². The number of rotatable bonds is 7. The van der Waals surface area contributed by atoms with E-state index >= 15 is 0 Å². The molecule has 3 rings (SSSR count). The van der Waals surface area contributed by atoms with Crippen LogP contribution >= 0.6 is 24.0 Å². The van der Waals surface area contributed by atoms with Crippen molar-refractivity contribution in [2.75, 3.05) is 47.9 Å². The molecule has 6 nitrogen and oxygen atoms in total. The van der Waals surface area contributed by atoms with Crippen molar-refractivity contribution in [2.45, 2.75) is 19.5 Å². The first-order valence-electron chi connectivity index (χ1n) is 10.2. The Hall–Kier alpha value is -2.07. The molecule has 0 fully saturated rings. The number of benzene rings is 2. The number of methoxy groups -OCH3 is 2. The van der Waals surface area contributed by atoms with Crippen molar-refractivity contribution in [3.63, 3.8) is 0 Å². The SMILES string of the molecule is CN=C(NCCN1CCc2cc(OC)c(OC)cc2C1)N(C)Cc1cccc(F)c1.I. The van der Waals surface area contributed by atoms with Crippen molar-refractivity contribution in [1.29, 1.82) is 0 Å². The van der Waals surface area contributed by atoms with Crippen molar-refractivity contribution in [1.82, 2.24) is 15.1 Å². The van der Waals surface area contributed by atoms with E-state index in [9.17, 15) is 4.39 Å². The lowest BCUT2D eigenvalue weighted by Crippen LogP contribution is -2.43. The molecule has 1 heterocycles. The van der Waals surface area contributed by atoms with E-state index in [1.165, 1.54) is 17.2 Å². The van der Waals surface area contributed by atoms with Crippen LogP contribution in [0.4, 0.5) is 4.39 Å². The number of nitrogens with one attached hydrogen (secondary N) is 1. The summed E-state index contributed by atoms with van der Waals surface area (Å²) in [6, 6.07) is 10.8. The van der Waals surface area contributed by atoms with Gasteiger partial charge < -0.3 is 19.7 Å². The van der Waals surface area contributed by atoms with Gasteiger partial charge >= 0.3 is 0 Å². The average molecular weight is 542 g/mol. The van der Waals surface area contributed by atoms with Crippen LogP contribution in [0.1, 0.15) is 16.7 Å². The fraction of sp³-hybridized carbons (Fsp3) is 0.435. The quantitative estimate of drug-likeness (QED) is 0.330. The topological polar surface area (TPSA) is 49.3 Å². The van der Waals surface area contributed by atoms with Crippen molar-refractivity contribution in [2.24, 2.45) is 4.99 Å². The maximum absolute atomic E-state index is 13.4. The summed E-state index contributed by atoms with van der Waals surface area (Å²) in [7, 11) is 7.06. The van der Waals surface area contributed by atoms with E-state index < -0.39 is 0 Å². The molecule has 0 bridgehead atoms. The minimum absolute atomic E-state index is 0. The third-order valence-corrected chi connectivity index (χ3v) is 5.39. The van der Waals surface area contributed by atoms with Crippen LogP contribution in [-0.4, -0.2) is 63.7 Å². The van der Waals surface area contributed by atoms with Gasteiger partial charge in [-0.15, -0.1) is 24.0 Å². The number of hydrogen-bond donors (Lipinski definition) is 1. The summed E-state index contributed by atoms with van der Waals surface area (Å²) in [4.78, 5) is 8.77. The molecule has 0 amide bonds. The Kier molecular flexibility index (Phi) is 9.83. The molecule has 0 atom stereocenters. The lowest BCUT2D eigenvalue weighted by molar-refractivity contribution is 0.255. The number of nitrogens with zero attached hydrogens (tertiary/aromatic N) is 3. The van der Waals surface area contributed by atoms with Gasteiger partial charge in [0, 0.05) is 46.8 Å². The van der Waals surface area contributed by atoms with Gasteiger partial charge in [-0.1, -0.05) is 12.1 Å². The zero-order valence-electron chi connectivity index (χ0n) is 18.7. The highest BCUT2D eigenvalue weighted by Gasteiger charge is 2.19.